The van der Waals surface area contributed by atoms with Gasteiger partial charge in [0.15, 0.2) is 5.03 Å². The summed E-state index contributed by atoms with van der Waals surface area (Å²) < 4.78 is 27.7. The maximum atomic E-state index is 12.3. The van der Waals surface area contributed by atoms with Crippen LogP contribution in [0, 0.1) is 5.92 Å². The Morgan fingerprint density at radius 1 is 1.56 bits per heavy atom. The monoisotopic (exact) mass is 335 g/mol. The first-order valence-electron chi connectivity index (χ1n) is 6.05. The Morgan fingerprint density at radius 2 is 2.22 bits per heavy atom. The molecule has 102 valence electrons. The minimum atomic E-state index is -3.43. The molecule has 0 spiro atoms. The zero-order chi connectivity index (χ0) is 13.3. The molecule has 5 nitrogen and oxygen atoms in total. The summed E-state index contributed by atoms with van der Waals surface area (Å²) in [7, 11) is -1.80. The number of halogens is 1. The molecule has 0 amide bonds. The summed E-state index contributed by atoms with van der Waals surface area (Å²) in [5.41, 5.74) is 0. The van der Waals surface area contributed by atoms with E-state index in [0.717, 1.165) is 19.4 Å². The molecule has 0 aliphatic heterocycles. The smallest absolute Gasteiger partial charge is 0.261 e. The number of imidazole rings is 1. The number of sulfonamides is 1. The summed E-state index contributed by atoms with van der Waals surface area (Å²) >= 11 is 3.51. The maximum Gasteiger partial charge on any atom is 0.261 e. The summed E-state index contributed by atoms with van der Waals surface area (Å²) in [6, 6.07) is 0. The molecule has 0 aromatic carbocycles. The summed E-state index contributed by atoms with van der Waals surface area (Å²) in [6.45, 7) is 3.25. The third-order valence-corrected chi connectivity index (χ3v) is 5.80. The van der Waals surface area contributed by atoms with Crippen LogP contribution in [0.15, 0.2) is 17.6 Å². The Morgan fingerprint density at radius 3 is 2.72 bits per heavy atom. The topological polar surface area (TPSA) is 55.2 Å². The molecular formula is C11H18BrN3O2S. The molecule has 1 fully saturated rings. The zero-order valence-corrected chi connectivity index (χ0v) is 13.0. The molecule has 1 aliphatic carbocycles. The van der Waals surface area contributed by atoms with Gasteiger partial charge in [0.05, 0.1) is 6.33 Å². The number of rotatable bonds is 5. The number of aromatic nitrogens is 2. The summed E-state index contributed by atoms with van der Waals surface area (Å²) in [5, 5.41) is 0.140. The van der Waals surface area contributed by atoms with Gasteiger partial charge in [-0.25, -0.2) is 13.4 Å². The lowest BCUT2D eigenvalue weighted by Gasteiger charge is -2.33. The highest BCUT2D eigenvalue weighted by Crippen LogP contribution is 2.34. The van der Waals surface area contributed by atoms with Crippen molar-refractivity contribution < 1.29 is 8.42 Å². The number of hydrogen-bond acceptors (Lipinski definition) is 3. The Hall–Kier alpha value is -0.400. The van der Waals surface area contributed by atoms with Gasteiger partial charge in [0, 0.05) is 31.2 Å². The zero-order valence-electron chi connectivity index (χ0n) is 10.6. The molecule has 2 rings (SSSR count). The Balaban J connectivity index is 2.05. The number of nitrogens with zero attached hydrogens (tertiary/aromatic N) is 3. The van der Waals surface area contributed by atoms with E-state index in [9.17, 15) is 8.42 Å². The highest BCUT2D eigenvalue weighted by atomic mass is 79.9. The van der Waals surface area contributed by atoms with Crippen molar-refractivity contribution in [3.05, 3.63) is 12.5 Å². The van der Waals surface area contributed by atoms with Crippen molar-refractivity contribution in [2.24, 2.45) is 5.92 Å². The fourth-order valence-corrected chi connectivity index (χ4v) is 4.30. The van der Waals surface area contributed by atoms with E-state index >= 15 is 0 Å². The van der Waals surface area contributed by atoms with E-state index in [1.54, 1.807) is 24.1 Å². The van der Waals surface area contributed by atoms with Crippen molar-refractivity contribution >= 4 is 26.0 Å². The normalized spacial score (nSPS) is 24.2. The Kier molecular flexibility index (Phi) is 4.13. The molecule has 0 unspecified atom stereocenters. The van der Waals surface area contributed by atoms with Crippen molar-refractivity contribution in [1.29, 1.82) is 0 Å². The van der Waals surface area contributed by atoms with Crippen molar-refractivity contribution in [3.63, 3.8) is 0 Å². The van der Waals surface area contributed by atoms with Crippen LogP contribution in [-0.4, -0.2) is 40.7 Å². The average molecular weight is 336 g/mol. The number of alkyl halides is 1. The quantitative estimate of drug-likeness (QED) is 0.769. The molecule has 0 N–H and O–H groups in total. The largest absolute Gasteiger partial charge is 0.336 e. The van der Waals surface area contributed by atoms with Gasteiger partial charge >= 0.3 is 0 Å². The molecule has 7 heteroatoms. The van der Waals surface area contributed by atoms with Crippen LogP contribution in [-0.2, 0) is 16.6 Å². The van der Waals surface area contributed by atoms with Gasteiger partial charge in [-0.15, -0.1) is 0 Å². The third-order valence-electron chi connectivity index (χ3n) is 3.34. The van der Waals surface area contributed by atoms with Crippen molar-refractivity contribution in [2.45, 2.75) is 36.2 Å². The molecular weight excluding hydrogens is 318 g/mol. The van der Waals surface area contributed by atoms with Gasteiger partial charge in [0.2, 0.25) is 0 Å². The lowest BCUT2D eigenvalue weighted by Crippen LogP contribution is -2.37. The standard InChI is InChI=1S/C11H18BrN3O2S/c1-3-15-7-11(13-8-15)18(16,17)14(2)6-9-4-10(12)5-9/h7-10H,3-6H2,1-2H3. The number of aryl methyl sites for hydroxylation is 1. The predicted octanol–water partition coefficient (Wildman–Crippen LogP) is 1.70. The highest BCUT2D eigenvalue weighted by molar-refractivity contribution is 9.09. The second kappa shape index (κ2) is 5.30. The lowest BCUT2D eigenvalue weighted by molar-refractivity contribution is 0.275. The van der Waals surface area contributed by atoms with E-state index < -0.39 is 10.0 Å². The van der Waals surface area contributed by atoms with E-state index in [4.69, 9.17) is 0 Å². The molecule has 1 aliphatic rings. The van der Waals surface area contributed by atoms with Crippen LogP contribution in [0.25, 0.3) is 0 Å². The summed E-state index contributed by atoms with van der Waals surface area (Å²) in [6.07, 6.45) is 5.23. The minimum Gasteiger partial charge on any atom is -0.336 e. The van der Waals surface area contributed by atoms with Crippen LogP contribution in [0.2, 0.25) is 0 Å². The summed E-state index contributed by atoms with van der Waals surface area (Å²) in [4.78, 5) is 4.52. The van der Waals surface area contributed by atoms with Gasteiger partial charge < -0.3 is 4.57 Å². The van der Waals surface area contributed by atoms with Gasteiger partial charge in [-0.2, -0.15) is 4.31 Å². The number of hydrogen-bond donors (Lipinski definition) is 0. The van der Waals surface area contributed by atoms with Crippen molar-refractivity contribution in [2.75, 3.05) is 13.6 Å². The first kappa shape index (κ1) is 14.0. The molecule has 0 bridgehead atoms. The van der Waals surface area contributed by atoms with Gasteiger partial charge in [-0.05, 0) is 25.7 Å². The first-order valence-corrected chi connectivity index (χ1v) is 8.41. The van der Waals surface area contributed by atoms with Crippen molar-refractivity contribution in [1.82, 2.24) is 13.9 Å². The molecule has 18 heavy (non-hydrogen) atoms. The highest BCUT2D eigenvalue weighted by Gasteiger charge is 2.32. The second-order valence-electron chi connectivity index (χ2n) is 4.76. The molecule has 1 saturated carbocycles. The second-order valence-corrected chi connectivity index (χ2v) is 8.05. The van der Waals surface area contributed by atoms with Crippen LogP contribution < -0.4 is 0 Å². The van der Waals surface area contributed by atoms with Gasteiger partial charge in [-0.3, -0.25) is 0 Å². The SMILES string of the molecule is CCn1cnc(S(=O)(=O)N(C)CC2CC(Br)C2)c1. The average Bonchev–Trinajstić information content (AvgIpc) is 2.75. The van der Waals surface area contributed by atoms with E-state index in [1.807, 2.05) is 6.92 Å². The Labute approximate surface area is 116 Å². The summed E-state index contributed by atoms with van der Waals surface area (Å²) in [5.74, 6) is 0.461. The van der Waals surface area contributed by atoms with Crippen LogP contribution in [0.1, 0.15) is 19.8 Å². The van der Waals surface area contributed by atoms with E-state index in [1.165, 1.54) is 4.31 Å². The predicted molar refractivity (Wildman–Crippen MR) is 73.2 cm³/mol. The lowest BCUT2D eigenvalue weighted by atomic mass is 9.85. The van der Waals surface area contributed by atoms with E-state index in [-0.39, 0.29) is 5.03 Å². The molecule has 0 atom stereocenters. The van der Waals surface area contributed by atoms with Gasteiger partial charge in [0.1, 0.15) is 0 Å². The molecule has 0 radical (unpaired) electrons. The molecule has 0 saturated heterocycles. The maximum absolute atomic E-state index is 12.3. The first-order chi connectivity index (χ1) is 8.43. The van der Waals surface area contributed by atoms with E-state index in [2.05, 4.69) is 20.9 Å². The Bertz CT molecular complexity index is 508. The van der Waals surface area contributed by atoms with E-state index in [0.29, 0.717) is 17.3 Å². The van der Waals surface area contributed by atoms with Crippen LogP contribution in [0.4, 0.5) is 0 Å². The molecule has 1 aromatic rings. The fraction of sp³-hybridized carbons (Fsp3) is 0.727. The molecule has 1 aromatic heterocycles. The van der Waals surface area contributed by atoms with Gasteiger partial charge in [0.25, 0.3) is 10.0 Å². The third kappa shape index (κ3) is 2.78. The fourth-order valence-electron chi connectivity index (χ4n) is 2.07. The van der Waals surface area contributed by atoms with Crippen LogP contribution in [0.5, 0.6) is 0 Å². The minimum absolute atomic E-state index is 0.140. The van der Waals surface area contributed by atoms with Gasteiger partial charge in [-0.1, -0.05) is 15.9 Å². The van der Waals surface area contributed by atoms with Crippen molar-refractivity contribution in [3.8, 4) is 0 Å². The van der Waals surface area contributed by atoms with Crippen LogP contribution >= 0.6 is 15.9 Å². The molecule has 1 heterocycles. The van der Waals surface area contributed by atoms with Crippen LogP contribution in [0.3, 0.4) is 0 Å².